The highest BCUT2D eigenvalue weighted by molar-refractivity contribution is 6.15. The zero-order valence-corrected chi connectivity index (χ0v) is 23.4. The van der Waals surface area contributed by atoms with E-state index in [1.165, 1.54) is 22.3 Å². The Morgan fingerprint density at radius 1 is 0.500 bits per heavy atom. The smallest absolute Gasteiger partial charge is 0.159 e. The fourth-order valence-corrected chi connectivity index (χ4v) is 7.06. The van der Waals surface area contributed by atoms with Crippen LogP contribution in [-0.4, -0.2) is 0 Å². The number of rotatable bonds is 3. The third kappa shape index (κ3) is 3.11. The molecule has 0 N–H and O–H groups in total. The number of hydrogen-bond acceptors (Lipinski definition) is 3. The van der Waals surface area contributed by atoms with Crippen molar-refractivity contribution in [3.8, 4) is 11.1 Å². The maximum Gasteiger partial charge on any atom is 0.159 e. The van der Waals surface area contributed by atoms with E-state index >= 15 is 0 Å². The zero-order valence-electron chi connectivity index (χ0n) is 23.4. The second-order valence-electron chi connectivity index (χ2n) is 11.7. The molecule has 0 amide bonds. The Morgan fingerprint density at radius 2 is 1.24 bits per heavy atom. The van der Waals surface area contributed by atoms with Gasteiger partial charge in [0.15, 0.2) is 5.58 Å². The van der Waals surface area contributed by atoms with Crippen molar-refractivity contribution in [2.75, 3.05) is 4.90 Å². The molecule has 3 nitrogen and oxygen atoms in total. The molecule has 200 valence electrons. The first-order valence-corrected chi connectivity index (χ1v) is 14.4. The zero-order chi connectivity index (χ0) is 28.0. The van der Waals surface area contributed by atoms with Crippen LogP contribution >= 0.6 is 0 Å². The second kappa shape index (κ2) is 8.37. The minimum atomic E-state index is -0.0826. The molecule has 0 unspecified atom stereocenters. The molecule has 6 aromatic carbocycles. The molecule has 3 heteroatoms. The Kier molecular flexibility index (Phi) is 4.67. The van der Waals surface area contributed by atoms with Gasteiger partial charge in [0.05, 0.1) is 5.69 Å². The third-order valence-electron chi connectivity index (χ3n) is 9.06. The van der Waals surface area contributed by atoms with Crippen LogP contribution in [0.25, 0.3) is 55.0 Å². The number of benzene rings is 6. The van der Waals surface area contributed by atoms with Gasteiger partial charge in [-0.15, -0.1) is 0 Å². The first-order valence-electron chi connectivity index (χ1n) is 14.4. The van der Waals surface area contributed by atoms with E-state index in [-0.39, 0.29) is 5.41 Å². The SMILES string of the molecule is CC1(C)c2ccccc2-c2c1ccc1c2oc2c(N(c3ccccc3)c3ccc4oc5ccccc5c4c3)cccc21. The van der Waals surface area contributed by atoms with Crippen molar-refractivity contribution in [1.82, 2.24) is 0 Å². The van der Waals surface area contributed by atoms with Gasteiger partial charge in [-0.25, -0.2) is 0 Å². The second-order valence-corrected chi connectivity index (χ2v) is 11.7. The van der Waals surface area contributed by atoms with Crippen molar-refractivity contribution >= 4 is 60.9 Å². The number of nitrogens with zero attached hydrogens (tertiary/aromatic N) is 1. The van der Waals surface area contributed by atoms with Gasteiger partial charge < -0.3 is 13.7 Å². The Balaban J connectivity index is 1.33. The van der Waals surface area contributed by atoms with Crippen LogP contribution in [0.5, 0.6) is 0 Å². The van der Waals surface area contributed by atoms with Gasteiger partial charge >= 0.3 is 0 Å². The van der Waals surface area contributed by atoms with Crippen LogP contribution in [0.2, 0.25) is 0 Å². The molecule has 42 heavy (non-hydrogen) atoms. The highest BCUT2D eigenvalue weighted by Crippen LogP contribution is 2.53. The van der Waals surface area contributed by atoms with E-state index in [4.69, 9.17) is 8.83 Å². The summed E-state index contributed by atoms with van der Waals surface area (Å²) in [7, 11) is 0. The number of furan rings is 2. The molecular formula is C39H27NO2. The topological polar surface area (TPSA) is 29.5 Å². The third-order valence-corrected chi connectivity index (χ3v) is 9.06. The fourth-order valence-electron chi connectivity index (χ4n) is 7.06. The van der Waals surface area contributed by atoms with Gasteiger partial charge in [-0.05, 0) is 59.2 Å². The number of para-hydroxylation sites is 3. The van der Waals surface area contributed by atoms with Crippen LogP contribution in [0, 0.1) is 0 Å². The van der Waals surface area contributed by atoms with Gasteiger partial charge in [-0.1, -0.05) is 98.8 Å². The number of fused-ring (bicyclic) bond motifs is 10. The maximum absolute atomic E-state index is 6.98. The summed E-state index contributed by atoms with van der Waals surface area (Å²) in [5.41, 5.74) is 11.8. The van der Waals surface area contributed by atoms with Crippen molar-refractivity contribution in [3.05, 3.63) is 139 Å². The van der Waals surface area contributed by atoms with Crippen molar-refractivity contribution in [2.24, 2.45) is 0 Å². The molecule has 0 saturated carbocycles. The molecule has 0 saturated heterocycles. The minimum absolute atomic E-state index is 0.0826. The largest absolute Gasteiger partial charge is 0.456 e. The molecule has 0 spiro atoms. The van der Waals surface area contributed by atoms with E-state index in [2.05, 4.69) is 134 Å². The van der Waals surface area contributed by atoms with Crippen LogP contribution in [0.4, 0.5) is 17.1 Å². The van der Waals surface area contributed by atoms with Gasteiger partial charge in [0.1, 0.15) is 16.7 Å². The lowest BCUT2D eigenvalue weighted by Gasteiger charge is -2.25. The van der Waals surface area contributed by atoms with Crippen LogP contribution in [0.3, 0.4) is 0 Å². The van der Waals surface area contributed by atoms with Gasteiger partial charge in [-0.2, -0.15) is 0 Å². The Hall–Kier alpha value is -5.28. The molecule has 0 atom stereocenters. The summed E-state index contributed by atoms with van der Waals surface area (Å²) in [6.07, 6.45) is 0. The normalized spacial score (nSPS) is 13.7. The van der Waals surface area contributed by atoms with Crippen molar-refractivity contribution in [1.29, 1.82) is 0 Å². The van der Waals surface area contributed by atoms with Crippen LogP contribution in [0.15, 0.2) is 136 Å². The molecule has 1 aliphatic carbocycles. The lowest BCUT2D eigenvalue weighted by molar-refractivity contribution is 0.653. The molecule has 0 radical (unpaired) electrons. The lowest BCUT2D eigenvalue weighted by atomic mass is 9.82. The molecule has 8 aromatic rings. The minimum Gasteiger partial charge on any atom is -0.456 e. The van der Waals surface area contributed by atoms with E-state index in [0.717, 1.165) is 60.9 Å². The van der Waals surface area contributed by atoms with Gasteiger partial charge in [0.2, 0.25) is 0 Å². The molecule has 2 aromatic heterocycles. The summed E-state index contributed by atoms with van der Waals surface area (Å²) in [6, 6.07) is 44.9. The lowest BCUT2D eigenvalue weighted by Crippen LogP contribution is -2.14. The Labute approximate surface area is 243 Å². The standard InChI is InChI=1S/C39H27NO2/c1-39(2)31-16-8-6-14-29(31)36-32(39)21-20-28-27-15-10-17-33(37(27)42-38(28)36)40(24-11-4-3-5-12-24)25-19-22-35-30(23-25)26-13-7-9-18-34(26)41-35/h3-23H,1-2H3. The summed E-state index contributed by atoms with van der Waals surface area (Å²) >= 11 is 0. The molecule has 0 aliphatic heterocycles. The predicted octanol–water partition coefficient (Wildman–Crippen LogP) is 11.3. The summed E-state index contributed by atoms with van der Waals surface area (Å²) in [5.74, 6) is 0. The summed E-state index contributed by atoms with van der Waals surface area (Å²) in [5, 5.41) is 4.46. The fraction of sp³-hybridized carbons (Fsp3) is 0.0769. The first kappa shape index (κ1) is 23.4. The van der Waals surface area contributed by atoms with Crippen molar-refractivity contribution in [3.63, 3.8) is 0 Å². The highest BCUT2D eigenvalue weighted by Gasteiger charge is 2.37. The Morgan fingerprint density at radius 3 is 2.14 bits per heavy atom. The summed E-state index contributed by atoms with van der Waals surface area (Å²) < 4.78 is 13.1. The van der Waals surface area contributed by atoms with Gasteiger partial charge in [0, 0.05) is 43.9 Å². The quantitative estimate of drug-likeness (QED) is 0.223. The van der Waals surface area contributed by atoms with Crippen molar-refractivity contribution < 1.29 is 8.83 Å². The van der Waals surface area contributed by atoms with Crippen LogP contribution in [-0.2, 0) is 5.41 Å². The molecular weight excluding hydrogens is 514 g/mol. The monoisotopic (exact) mass is 541 g/mol. The van der Waals surface area contributed by atoms with Gasteiger partial charge in [-0.3, -0.25) is 0 Å². The van der Waals surface area contributed by atoms with Crippen molar-refractivity contribution in [2.45, 2.75) is 19.3 Å². The first-order chi connectivity index (χ1) is 20.6. The van der Waals surface area contributed by atoms with Crippen LogP contribution in [0.1, 0.15) is 25.0 Å². The van der Waals surface area contributed by atoms with E-state index in [1.807, 2.05) is 12.1 Å². The van der Waals surface area contributed by atoms with E-state index < -0.39 is 0 Å². The number of hydrogen-bond donors (Lipinski definition) is 0. The van der Waals surface area contributed by atoms with Crippen LogP contribution < -0.4 is 4.90 Å². The van der Waals surface area contributed by atoms with E-state index in [0.29, 0.717) is 0 Å². The van der Waals surface area contributed by atoms with E-state index in [9.17, 15) is 0 Å². The molecule has 1 aliphatic rings. The molecule has 2 heterocycles. The summed E-state index contributed by atoms with van der Waals surface area (Å²) in [4.78, 5) is 2.30. The average molecular weight is 542 g/mol. The number of anilines is 3. The Bertz CT molecular complexity index is 2340. The van der Waals surface area contributed by atoms with Gasteiger partial charge in [0.25, 0.3) is 0 Å². The summed E-state index contributed by atoms with van der Waals surface area (Å²) in [6.45, 7) is 4.62. The average Bonchev–Trinajstić information content (AvgIpc) is 3.66. The predicted molar refractivity (Wildman–Crippen MR) is 173 cm³/mol. The highest BCUT2D eigenvalue weighted by atomic mass is 16.3. The molecule has 9 rings (SSSR count). The molecule has 0 bridgehead atoms. The maximum atomic E-state index is 6.98. The van der Waals surface area contributed by atoms with E-state index in [1.54, 1.807) is 0 Å². The molecule has 0 fully saturated rings.